The molecule has 0 aliphatic carbocycles. The molecule has 0 unspecified atom stereocenters. The maximum atomic E-state index is 12.4. The van der Waals surface area contributed by atoms with Crippen LogP contribution in [-0.2, 0) is 5.54 Å². The Balaban J connectivity index is 2.50. The predicted octanol–water partition coefficient (Wildman–Crippen LogP) is 3.49. The van der Waals surface area contributed by atoms with E-state index < -0.39 is 6.61 Å². The lowest BCUT2D eigenvalue weighted by Gasteiger charge is -2.22. The van der Waals surface area contributed by atoms with Crippen molar-refractivity contribution < 1.29 is 13.5 Å². The number of benzene rings is 1. The summed E-state index contributed by atoms with van der Waals surface area (Å²) in [5, 5.41) is 0. The third kappa shape index (κ3) is 2.74. The zero-order valence-electron chi connectivity index (χ0n) is 11.6. The number of rotatable bonds is 3. The fourth-order valence-electron chi connectivity index (χ4n) is 1.96. The van der Waals surface area contributed by atoms with Gasteiger partial charge in [-0.2, -0.15) is 8.78 Å². The van der Waals surface area contributed by atoms with Gasteiger partial charge < -0.3 is 15.0 Å². The van der Waals surface area contributed by atoms with Crippen molar-refractivity contribution in [3.8, 4) is 17.0 Å². The van der Waals surface area contributed by atoms with E-state index in [9.17, 15) is 8.78 Å². The third-order valence-electron chi connectivity index (χ3n) is 2.89. The molecular formula is C14H17F2N3O. The molecule has 0 radical (unpaired) electrons. The van der Waals surface area contributed by atoms with Crippen molar-refractivity contribution in [1.29, 1.82) is 0 Å². The van der Waals surface area contributed by atoms with Gasteiger partial charge in [0, 0.05) is 11.1 Å². The lowest BCUT2D eigenvalue weighted by atomic mass is 10.1. The standard InChI is InChI=1S/C14H17F2N3O/c1-14(2,3)19-8-18-11(12(19)17)9-6-4-5-7-10(9)20-13(15)16/h4-8,13H,17H2,1-3H3. The van der Waals surface area contributed by atoms with E-state index in [1.165, 1.54) is 6.07 Å². The summed E-state index contributed by atoms with van der Waals surface area (Å²) >= 11 is 0. The van der Waals surface area contributed by atoms with Gasteiger partial charge in [-0.3, -0.25) is 0 Å². The van der Waals surface area contributed by atoms with Gasteiger partial charge in [0.1, 0.15) is 17.3 Å². The molecule has 0 bridgehead atoms. The summed E-state index contributed by atoms with van der Waals surface area (Å²) < 4.78 is 31.2. The van der Waals surface area contributed by atoms with Gasteiger partial charge in [0.25, 0.3) is 0 Å². The summed E-state index contributed by atoms with van der Waals surface area (Å²) in [6, 6.07) is 6.47. The van der Waals surface area contributed by atoms with Crippen molar-refractivity contribution in [2.75, 3.05) is 5.73 Å². The van der Waals surface area contributed by atoms with E-state index in [2.05, 4.69) is 9.72 Å². The van der Waals surface area contributed by atoms with E-state index in [1.54, 1.807) is 29.1 Å². The average molecular weight is 281 g/mol. The van der Waals surface area contributed by atoms with Crippen LogP contribution in [-0.4, -0.2) is 16.2 Å². The highest BCUT2D eigenvalue weighted by atomic mass is 19.3. The molecule has 0 spiro atoms. The molecule has 2 aromatic rings. The number of ether oxygens (including phenoxy) is 1. The second-order valence-electron chi connectivity index (χ2n) is 5.39. The number of imidazole rings is 1. The van der Waals surface area contributed by atoms with E-state index in [4.69, 9.17) is 5.73 Å². The van der Waals surface area contributed by atoms with Gasteiger partial charge in [-0.25, -0.2) is 4.98 Å². The first-order chi connectivity index (χ1) is 9.30. The molecule has 4 nitrogen and oxygen atoms in total. The summed E-state index contributed by atoms with van der Waals surface area (Å²) in [6.07, 6.45) is 1.60. The molecule has 20 heavy (non-hydrogen) atoms. The number of nitrogens with zero attached hydrogens (tertiary/aromatic N) is 2. The Hall–Kier alpha value is -2.11. The van der Waals surface area contributed by atoms with Crippen LogP contribution in [0.1, 0.15) is 20.8 Å². The highest BCUT2D eigenvalue weighted by Gasteiger charge is 2.21. The first-order valence-corrected chi connectivity index (χ1v) is 6.18. The third-order valence-corrected chi connectivity index (χ3v) is 2.89. The Kier molecular flexibility index (Phi) is 3.65. The fraction of sp³-hybridized carbons (Fsp3) is 0.357. The quantitative estimate of drug-likeness (QED) is 0.937. The van der Waals surface area contributed by atoms with Gasteiger partial charge >= 0.3 is 6.61 Å². The first kappa shape index (κ1) is 14.3. The molecule has 6 heteroatoms. The average Bonchev–Trinajstić information content (AvgIpc) is 2.71. The Labute approximate surface area is 116 Å². The van der Waals surface area contributed by atoms with Crippen LogP contribution >= 0.6 is 0 Å². The maximum absolute atomic E-state index is 12.4. The molecule has 2 N–H and O–H groups in total. The van der Waals surface area contributed by atoms with Crippen LogP contribution in [0.5, 0.6) is 5.75 Å². The minimum absolute atomic E-state index is 0.0633. The highest BCUT2D eigenvalue weighted by molar-refractivity contribution is 5.75. The van der Waals surface area contributed by atoms with E-state index in [-0.39, 0.29) is 11.3 Å². The number of hydrogen-bond donors (Lipinski definition) is 1. The summed E-state index contributed by atoms with van der Waals surface area (Å²) in [7, 11) is 0. The van der Waals surface area contributed by atoms with Gasteiger partial charge in [0.2, 0.25) is 0 Å². The molecular weight excluding hydrogens is 264 g/mol. The van der Waals surface area contributed by atoms with Crippen molar-refractivity contribution in [1.82, 2.24) is 9.55 Å². The van der Waals surface area contributed by atoms with Gasteiger partial charge in [-0.1, -0.05) is 12.1 Å². The van der Waals surface area contributed by atoms with Gasteiger partial charge in [-0.05, 0) is 32.9 Å². The topological polar surface area (TPSA) is 53.1 Å². The zero-order chi connectivity index (χ0) is 14.9. The van der Waals surface area contributed by atoms with Crippen LogP contribution in [0, 0.1) is 0 Å². The summed E-state index contributed by atoms with van der Waals surface area (Å²) in [4.78, 5) is 4.23. The Bertz CT molecular complexity index is 603. The molecule has 0 aliphatic heterocycles. The number of anilines is 1. The molecule has 0 saturated carbocycles. The van der Waals surface area contributed by atoms with E-state index in [0.717, 1.165) is 0 Å². The van der Waals surface area contributed by atoms with Crippen LogP contribution in [0.2, 0.25) is 0 Å². The number of hydrogen-bond acceptors (Lipinski definition) is 3. The van der Waals surface area contributed by atoms with Crippen LogP contribution in [0.15, 0.2) is 30.6 Å². The minimum Gasteiger partial charge on any atom is -0.434 e. The molecule has 0 fully saturated rings. The highest BCUT2D eigenvalue weighted by Crippen LogP contribution is 2.35. The Morgan fingerprint density at radius 1 is 1.25 bits per heavy atom. The van der Waals surface area contributed by atoms with Crippen molar-refractivity contribution in [2.24, 2.45) is 0 Å². The second-order valence-corrected chi connectivity index (χ2v) is 5.39. The van der Waals surface area contributed by atoms with Gasteiger partial charge in [-0.15, -0.1) is 0 Å². The van der Waals surface area contributed by atoms with Crippen molar-refractivity contribution in [3.05, 3.63) is 30.6 Å². The van der Waals surface area contributed by atoms with Crippen LogP contribution in [0.25, 0.3) is 11.3 Å². The Morgan fingerprint density at radius 3 is 2.45 bits per heavy atom. The van der Waals surface area contributed by atoms with E-state index in [1.807, 2.05) is 20.8 Å². The SMILES string of the molecule is CC(C)(C)n1cnc(-c2ccccc2OC(F)F)c1N. The lowest BCUT2D eigenvalue weighted by Crippen LogP contribution is -2.22. The number of alkyl halides is 2. The lowest BCUT2D eigenvalue weighted by molar-refractivity contribution is -0.0494. The number of para-hydroxylation sites is 1. The van der Waals surface area contributed by atoms with Crippen molar-refractivity contribution in [2.45, 2.75) is 32.9 Å². The first-order valence-electron chi connectivity index (χ1n) is 6.18. The van der Waals surface area contributed by atoms with E-state index in [0.29, 0.717) is 17.1 Å². The molecule has 0 amide bonds. The van der Waals surface area contributed by atoms with Crippen molar-refractivity contribution in [3.63, 3.8) is 0 Å². The monoisotopic (exact) mass is 281 g/mol. The summed E-state index contributed by atoms with van der Waals surface area (Å²) in [5.74, 6) is 0.483. The van der Waals surface area contributed by atoms with Crippen LogP contribution < -0.4 is 10.5 Å². The predicted molar refractivity (Wildman–Crippen MR) is 73.7 cm³/mol. The largest absolute Gasteiger partial charge is 0.434 e. The van der Waals surface area contributed by atoms with E-state index >= 15 is 0 Å². The van der Waals surface area contributed by atoms with Gasteiger partial charge in [0.15, 0.2) is 0 Å². The molecule has 1 aromatic heterocycles. The maximum Gasteiger partial charge on any atom is 0.387 e. The molecule has 1 heterocycles. The Morgan fingerprint density at radius 2 is 1.90 bits per heavy atom. The molecule has 1 aromatic carbocycles. The van der Waals surface area contributed by atoms with Gasteiger partial charge in [0.05, 0.1) is 6.33 Å². The van der Waals surface area contributed by atoms with Crippen LogP contribution in [0.4, 0.5) is 14.6 Å². The van der Waals surface area contributed by atoms with Crippen LogP contribution in [0.3, 0.4) is 0 Å². The van der Waals surface area contributed by atoms with Crippen molar-refractivity contribution >= 4 is 5.82 Å². The zero-order valence-corrected chi connectivity index (χ0v) is 11.6. The normalized spacial score (nSPS) is 11.9. The molecule has 0 saturated heterocycles. The summed E-state index contributed by atoms with van der Waals surface area (Å²) in [6.45, 7) is 3.06. The smallest absolute Gasteiger partial charge is 0.387 e. The number of nitrogens with two attached hydrogens (primary N) is 1. The minimum atomic E-state index is -2.89. The number of halogens is 2. The second kappa shape index (κ2) is 5.11. The summed E-state index contributed by atoms with van der Waals surface area (Å²) in [5.41, 5.74) is 6.73. The molecule has 108 valence electrons. The molecule has 0 aliphatic rings. The fourth-order valence-corrected chi connectivity index (χ4v) is 1.96. The number of nitrogen functional groups attached to an aromatic ring is 1. The number of aromatic nitrogens is 2. The molecule has 0 atom stereocenters. The molecule has 2 rings (SSSR count).